The van der Waals surface area contributed by atoms with Crippen LogP contribution in [0.4, 0.5) is 5.82 Å². The number of carbonyl (C=O) groups is 1. The normalized spacial score (nSPS) is 15.9. The van der Waals surface area contributed by atoms with E-state index in [1.54, 1.807) is 18.3 Å². The molecule has 132 valence electrons. The number of pyridine rings is 1. The third-order valence-corrected chi connectivity index (χ3v) is 4.91. The van der Waals surface area contributed by atoms with Gasteiger partial charge in [-0.3, -0.25) is 9.69 Å². The van der Waals surface area contributed by atoms with E-state index in [0.717, 1.165) is 32.0 Å². The number of carbonyl (C=O) groups excluding carboxylic acids is 1. The van der Waals surface area contributed by atoms with Gasteiger partial charge in [-0.25, -0.2) is 4.98 Å². The minimum Gasteiger partial charge on any atom is -0.366 e. The van der Waals surface area contributed by atoms with Gasteiger partial charge in [0.25, 0.3) is 0 Å². The summed E-state index contributed by atoms with van der Waals surface area (Å²) in [5.74, 6) is 1.05. The third-order valence-electron chi connectivity index (χ3n) is 4.91. The zero-order valence-corrected chi connectivity index (χ0v) is 14.8. The number of primary amides is 1. The quantitative estimate of drug-likeness (QED) is 0.879. The average molecular weight is 338 g/mol. The van der Waals surface area contributed by atoms with Gasteiger partial charge in [0.05, 0.1) is 0 Å². The summed E-state index contributed by atoms with van der Waals surface area (Å²) in [6, 6.07) is 14.1. The number of piperidine rings is 1. The summed E-state index contributed by atoms with van der Waals surface area (Å²) in [6.45, 7) is 4.24. The Morgan fingerprint density at radius 3 is 2.64 bits per heavy atom. The van der Waals surface area contributed by atoms with E-state index in [4.69, 9.17) is 5.73 Å². The highest BCUT2D eigenvalue weighted by molar-refractivity contribution is 5.93. The van der Waals surface area contributed by atoms with Crippen LogP contribution in [-0.4, -0.2) is 42.5 Å². The van der Waals surface area contributed by atoms with E-state index in [-0.39, 0.29) is 0 Å². The molecule has 0 spiro atoms. The first-order valence-electron chi connectivity index (χ1n) is 8.85. The summed E-state index contributed by atoms with van der Waals surface area (Å²) in [6.07, 6.45) is 4.02. The zero-order chi connectivity index (χ0) is 17.6. The predicted molar refractivity (Wildman–Crippen MR) is 100 cm³/mol. The number of aromatic nitrogens is 1. The topological polar surface area (TPSA) is 62.5 Å². The van der Waals surface area contributed by atoms with E-state index in [1.165, 1.54) is 18.4 Å². The first-order valence-corrected chi connectivity index (χ1v) is 8.85. The molecule has 2 aromatic rings. The molecule has 3 rings (SSSR count). The van der Waals surface area contributed by atoms with Crippen LogP contribution in [0.2, 0.25) is 0 Å². The summed E-state index contributed by atoms with van der Waals surface area (Å²) in [5.41, 5.74) is 7.24. The maximum Gasteiger partial charge on any atom is 0.248 e. The highest BCUT2D eigenvalue weighted by Gasteiger charge is 2.21. The maximum atomic E-state index is 11.3. The van der Waals surface area contributed by atoms with Crippen LogP contribution in [0.1, 0.15) is 28.8 Å². The molecule has 2 heterocycles. The molecular weight excluding hydrogens is 312 g/mol. The second-order valence-corrected chi connectivity index (χ2v) is 6.85. The van der Waals surface area contributed by atoms with Crippen LogP contribution in [0.3, 0.4) is 0 Å². The monoisotopic (exact) mass is 338 g/mol. The van der Waals surface area contributed by atoms with Gasteiger partial charge in [-0.15, -0.1) is 0 Å². The van der Waals surface area contributed by atoms with Gasteiger partial charge >= 0.3 is 0 Å². The Morgan fingerprint density at radius 2 is 1.96 bits per heavy atom. The van der Waals surface area contributed by atoms with Crippen molar-refractivity contribution in [2.24, 2.45) is 11.7 Å². The molecule has 5 heteroatoms. The van der Waals surface area contributed by atoms with Crippen LogP contribution < -0.4 is 10.6 Å². The molecule has 0 saturated carbocycles. The smallest absolute Gasteiger partial charge is 0.248 e. The SMILES string of the molecule is CN(CC1CCN(Cc2ccccc2)CC1)c1cc(C(N)=O)ccn1. The van der Waals surface area contributed by atoms with Gasteiger partial charge < -0.3 is 10.6 Å². The molecule has 1 aromatic heterocycles. The number of hydrogen-bond donors (Lipinski definition) is 1. The Hall–Kier alpha value is -2.40. The Morgan fingerprint density at radius 1 is 1.24 bits per heavy atom. The molecule has 0 bridgehead atoms. The number of nitrogens with two attached hydrogens (primary N) is 1. The standard InChI is InChI=1S/C20H26N4O/c1-23(19-13-18(20(21)25)7-10-22-19)14-17-8-11-24(12-9-17)15-16-5-3-2-4-6-16/h2-7,10,13,17H,8-9,11-12,14-15H2,1H3,(H2,21,25). The zero-order valence-electron chi connectivity index (χ0n) is 14.8. The molecule has 0 unspecified atom stereocenters. The van der Waals surface area contributed by atoms with Gasteiger partial charge in [-0.05, 0) is 49.5 Å². The summed E-state index contributed by atoms with van der Waals surface area (Å²) >= 11 is 0. The van der Waals surface area contributed by atoms with E-state index in [0.29, 0.717) is 11.5 Å². The van der Waals surface area contributed by atoms with Crippen LogP contribution in [0.25, 0.3) is 0 Å². The molecule has 1 amide bonds. The fourth-order valence-electron chi connectivity index (χ4n) is 3.43. The second-order valence-electron chi connectivity index (χ2n) is 6.85. The van der Waals surface area contributed by atoms with Gasteiger partial charge in [0.2, 0.25) is 5.91 Å². The fourth-order valence-corrected chi connectivity index (χ4v) is 3.43. The lowest BCUT2D eigenvalue weighted by Crippen LogP contribution is -2.37. The molecule has 1 saturated heterocycles. The Labute approximate surface area is 149 Å². The van der Waals surface area contributed by atoms with Crippen LogP contribution in [0.5, 0.6) is 0 Å². The molecule has 2 N–H and O–H groups in total. The van der Waals surface area contributed by atoms with Crippen molar-refractivity contribution in [1.29, 1.82) is 0 Å². The fraction of sp³-hybridized carbons (Fsp3) is 0.400. The minimum absolute atomic E-state index is 0.411. The molecule has 0 aliphatic carbocycles. The number of benzene rings is 1. The lowest BCUT2D eigenvalue weighted by atomic mass is 9.96. The molecule has 1 aliphatic heterocycles. The van der Waals surface area contributed by atoms with Crippen molar-refractivity contribution in [3.05, 3.63) is 59.8 Å². The summed E-state index contributed by atoms with van der Waals surface area (Å²) in [5, 5.41) is 0. The van der Waals surface area contributed by atoms with E-state index in [2.05, 4.69) is 45.1 Å². The Balaban J connectivity index is 1.50. The Bertz CT molecular complexity index is 696. The van der Waals surface area contributed by atoms with Gasteiger partial charge in [-0.2, -0.15) is 0 Å². The number of amides is 1. The number of rotatable bonds is 6. The van der Waals surface area contributed by atoms with Gasteiger partial charge in [0.1, 0.15) is 5.82 Å². The highest BCUT2D eigenvalue weighted by atomic mass is 16.1. The first-order chi connectivity index (χ1) is 12.1. The van der Waals surface area contributed by atoms with Gasteiger partial charge in [-0.1, -0.05) is 30.3 Å². The second kappa shape index (κ2) is 8.12. The van der Waals surface area contributed by atoms with Crippen LogP contribution in [0, 0.1) is 5.92 Å². The highest BCUT2D eigenvalue weighted by Crippen LogP contribution is 2.22. The number of hydrogen-bond acceptors (Lipinski definition) is 4. The largest absolute Gasteiger partial charge is 0.366 e. The molecule has 0 radical (unpaired) electrons. The average Bonchev–Trinajstić information content (AvgIpc) is 2.64. The van der Waals surface area contributed by atoms with Crippen molar-refractivity contribution in [2.75, 3.05) is 31.6 Å². The molecule has 1 aliphatic rings. The van der Waals surface area contributed by atoms with Crippen molar-refractivity contribution < 1.29 is 4.79 Å². The first kappa shape index (κ1) is 17.4. The minimum atomic E-state index is -0.411. The third kappa shape index (κ3) is 4.79. The van der Waals surface area contributed by atoms with Crippen LogP contribution >= 0.6 is 0 Å². The summed E-state index contributed by atoms with van der Waals surface area (Å²) in [4.78, 5) is 20.3. The Kier molecular flexibility index (Phi) is 5.66. The molecule has 1 fully saturated rings. The van der Waals surface area contributed by atoms with Crippen LogP contribution in [-0.2, 0) is 6.54 Å². The van der Waals surface area contributed by atoms with Crippen molar-refractivity contribution in [3.63, 3.8) is 0 Å². The van der Waals surface area contributed by atoms with E-state index < -0.39 is 5.91 Å². The van der Waals surface area contributed by atoms with Crippen LogP contribution in [0.15, 0.2) is 48.7 Å². The van der Waals surface area contributed by atoms with Crippen molar-refractivity contribution in [2.45, 2.75) is 19.4 Å². The summed E-state index contributed by atoms with van der Waals surface area (Å²) < 4.78 is 0. The molecule has 0 atom stereocenters. The maximum absolute atomic E-state index is 11.3. The molecular formula is C20H26N4O. The molecule has 1 aromatic carbocycles. The van der Waals surface area contributed by atoms with E-state index in [1.807, 2.05) is 7.05 Å². The molecule has 25 heavy (non-hydrogen) atoms. The lowest BCUT2D eigenvalue weighted by Gasteiger charge is -2.34. The van der Waals surface area contributed by atoms with Crippen molar-refractivity contribution in [1.82, 2.24) is 9.88 Å². The van der Waals surface area contributed by atoms with Crippen molar-refractivity contribution in [3.8, 4) is 0 Å². The lowest BCUT2D eigenvalue weighted by molar-refractivity contribution is 0.1000. The van der Waals surface area contributed by atoms with Gasteiger partial charge in [0, 0.05) is 31.9 Å². The number of nitrogens with zero attached hydrogens (tertiary/aromatic N) is 3. The summed E-state index contributed by atoms with van der Waals surface area (Å²) in [7, 11) is 2.03. The number of likely N-dealkylation sites (tertiary alicyclic amines) is 1. The van der Waals surface area contributed by atoms with Crippen molar-refractivity contribution >= 4 is 11.7 Å². The molecule has 5 nitrogen and oxygen atoms in total. The predicted octanol–water partition coefficient (Wildman–Crippen LogP) is 2.53. The van der Waals surface area contributed by atoms with E-state index in [9.17, 15) is 4.79 Å². The van der Waals surface area contributed by atoms with Gasteiger partial charge in [0.15, 0.2) is 0 Å². The van der Waals surface area contributed by atoms with E-state index >= 15 is 0 Å². The number of anilines is 1.